The number of anilines is 1. The Morgan fingerprint density at radius 1 is 1.11 bits per heavy atom. The molecule has 15 heteroatoms. The smallest absolute Gasteiger partial charge is 0.287 e. The minimum atomic E-state index is -3.93. The molecule has 0 saturated carbocycles. The highest BCUT2D eigenvalue weighted by Gasteiger charge is 2.30. The number of carbonyl (C=O) groups is 1. The van der Waals surface area contributed by atoms with E-state index in [4.69, 9.17) is 14.2 Å². The Bertz CT molecular complexity index is 1550. The quantitative estimate of drug-likeness (QED) is 0.119. The van der Waals surface area contributed by atoms with Crippen molar-refractivity contribution in [1.82, 2.24) is 14.6 Å². The highest BCUT2D eigenvalue weighted by molar-refractivity contribution is 7.89. The molecule has 0 bridgehead atoms. The van der Waals surface area contributed by atoms with Crippen molar-refractivity contribution in [2.24, 2.45) is 0 Å². The number of benzene rings is 2. The van der Waals surface area contributed by atoms with E-state index in [1.54, 1.807) is 18.2 Å². The molecule has 4 rings (SSSR count). The van der Waals surface area contributed by atoms with Crippen LogP contribution in [-0.4, -0.2) is 86.4 Å². The predicted molar refractivity (Wildman–Crippen MR) is 164 cm³/mol. The third-order valence-corrected chi connectivity index (χ3v) is 8.79. The number of hydrogen-bond donors (Lipinski definition) is 3. The van der Waals surface area contributed by atoms with Crippen LogP contribution in [0.25, 0.3) is 0 Å². The number of rotatable bonds is 16. The summed E-state index contributed by atoms with van der Waals surface area (Å²) in [5.74, 6) is 0.326. The van der Waals surface area contributed by atoms with Crippen molar-refractivity contribution in [2.75, 3.05) is 51.8 Å². The molecule has 2 heterocycles. The third-order valence-electron chi connectivity index (χ3n) is 6.88. The molecular formula is C30H35N5O9S. The number of amides is 1. The van der Waals surface area contributed by atoms with Gasteiger partial charge in [-0.25, -0.2) is 13.4 Å². The number of aliphatic hydroxyl groups is 1. The molecule has 0 spiro atoms. The number of methoxy groups -OCH3 is 1. The van der Waals surface area contributed by atoms with Crippen LogP contribution in [0.2, 0.25) is 0 Å². The summed E-state index contributed by atoms with van der Waals surface area (Å²) < 4.78 is 44.5. The van der Waals surface area contributed by atoms with E-state index in [0.717, 1.165) is 16.1 Å². The fourth-order valence-electron chi connectivity index (χ4n) is 4.55. The largest absolute Gasteiger partial charge is 0.497 e. The van der Waals surface area contributed by atoms with E-state index in [1.807, 2.05) is 30.3 Å². The van der Waals surface area contributed by atoms with Gasteiger partial charge in [-0.15, -0.1) is 0 Å². The molecule has 0 radical (unpaired) electrons. The molecule has 1 aliphatic heterocycles. The van der Waals surface area contributed by atoms with E-state index in [2.05, 4.69) is 15.6 Å². The Balaban J connectivity index is 1.36. The predicted octanol–water partition coefficient (Wildman–Crippen LogP) is 2.64. The molecule has 0 aliphatic carbocycles. The van der Waals surface area contributed by atoms with Crippen molar-refractivity contribution in [3.05, 3.63) is 100 Å². The third kappa shape index (κ3) is 9.21. The zero-order valence-electron chi connectivity index (χ0n) is 24.6. The van der Waals surface area contributed by atoms with E-state index in [9.17, 15) is 28.4 Å². The van der Waals surface area contributed by atoms with Crippen molar-refractivity contribution in [3.8, 4) is 5.75 Å². The Hall–Kier alpha value is -4.57. The summed E-state index contributed by atoms with van der Waals surface area (Å²) >= 11 is 0. The molecule has 2 atom stereocenters. The highest BCUT2D eigenvalue weighted by atomic mass is 32.2. The van der Waals surface area contributed by atoms with Crippen LogP contribution in [0.15, 0.2) is 89.7 Å². The number of aromatic nitrogens is 1. The zero-order valence-corrected chi connectivity index (χ0v) is 25.4. The zero-order chi connectivity index (χ0) is 32.2. The van der Waals surface area contributed by atoms with Gasteiger partial charge in [0.25, 0.3) is 11.6 Å². The molecule has 3 aromatic rings. The molecule has 1 amide bonds. The second-order valence-electron chi connectivity index (χ2n) is 9.85. The first kappa shape index (κ1) is 33.3. The van der Waals surface area contributed by atoms with Crippen LogP contribution in [-0.2, 0) is 24.3 Å². The first-order valence-corrected chi connectivity index (χ1v) is 15.6. The molecule has 3 N–H and O–H groups in total. The summed E-state index contributed by atoms with van der Waals surface area (Å²) in [4.78, 5) is 27.3. The normalized spacial score (nSPS) is 16.4. The van der Waals surface area contributed by atoms with Crippen LogP contribution in [0.3, 0.4) is 0 Å². The lowest BCUT2D eigenvalue weighted by atomic mass is 9.93. The number of ether oxygens (including phenoxy) is 3. The molecule has 240 valence electrons. The minimum absolute atomic E-state index is 0.0514. The van der Waals surface area contributed by atoms with Crippen LogP contribution in [0.4, 0.5) is 11.5 Å². The van der Waals surface area contributed by atoms with Crippen LogP contribution < -0.4 is 15.4 Å². The van der Waals surface area contributed by atoms with Gasteiger partial charge < -0.3 is 30.0 Å². The molecule has 0 unspecified atom stereocenters. The van der Waals surface area contributed by atoms with Gasteiger partial charge in [0.05, 0.1) is 30.1 Å². The summed E-state index contributed by atoms with van der Waals surface area (Å²) in [7, 11) is -2.44. The molecule has 1 aliphatic rings. The minimum Gasteiger partial charge on any atom is -0.497 e. The molecule has 0 saturated heterocycles. The molecule has 0 fully saturated rings. The molecule has 14 nitrogen and oxygen atoms in total. The Labute approximate surface area is 260 Å². The summed E-state index contributed by atoms with van der Waals surface area (Å²) in [6.07, 6.45) is 2.41. The number of allylic oxidation sites excluding steroid dienone is 1. The van der Waals surface area contributed by atoms with Crippen LogP contribution in [0.1, 0.15) is 17.9 Å². The highest BCUT2D eigenvalue weighted by Crippen LogP contribution is 2.31. The second-order valence-corrected chi connectivity index (χ2v) is 11.8. The van der Waals surface area contributed by atoms with Gasteiger partial charge in [0, 0.05) is 44.6 Å². The van der Waals surface area contributed by atoms with Gasteiger partial charge >= 0.3 is 0 Å². The SMILES string of the molecule is COc1ccc(S(=O)(=O)N(CCO)CCO[C@@H]2C[C@H](c3ccccc3)C=C(C(=O)NCCNc3ccc([N+](=O)[O-])cn3)O2)cc1. The van der Waals surface area contributed by atoms with Crippen molar-refractivity contribution in [2.45, 2.75) is 23.5 Å². The Kier molecular flexibility index (Phi) is 11.8. The summed E-state index contributed by atoms with van der Waals surface area (Å²) in [5.41, 5.74) is 0.828. The Morgan fingerprint density at radius 2 is 1.87 bits per heavy atom. The van der Waals surface area contributed by atoms with Gasteiger partial charge in [0.15, 0.2) is 5.76 Å². The maximum Gasteiger partial charge on any atom is 0.287 e. The molecule has 45 heavy (non-hydrogen) atoms. The van der Waals surface area contributed by atoms with Crippen molar-refractivity contribution in [3.63, 3.8) is 0 Å². The lowest BCUT2D eigenvalue weighted by Gasteiger charge is -2.30. The number of nitro groups is 1. The number of nitrogens with one attached hydrogen (secondary N) is 2. The van der Waals surface area contributed by atoms with E-state index in [-0.39, 0.29) is 55.1 Å². The lowest BCUT2D eigenvalue weighted by molar-refractivity contribution is -0.385. The number of hydrogen-bond acceptors (Lipinski definition) is 11. The van der Waals surface area contributed by atoms with E-state index in [0.29, 0.717) is 24.5 Å². The fraction of sp³-hybridized carbons (Fsp3) is 0.333. The monoisotopic (exact) mass is 641 g/mol. The number of aliphatic hydroxyl groups excluding tert-OH is 1. The first-order chi connectivity index (χ1) is 21.7. The number of nitrogens with zero attached hydrogens (tertiary/aromatic N) is 3. The maximum absolute atomic E-state index is 13.2. The number of sulfonamides is 1. The van der Waals surface area contributed by atoms with Crippen molar-refractivity contribution < 1.29 is 37.5 Å². The van der Waals surface area contributed by atoms with Gasteiger partial charge in [-0.1, -0.05) is 30.3 Å². The maximum atomic E-state index is 13.2. The number of pyridine rings is 1. The summed E-state index contributed by atoms with van der Waals surface area (Å²) in [6.45, 7) is -0.115. The summed E-state index contributed by atoms with van der Waals surface area (Å²) in [6, 6.07) is 18.3. The van der Waals surface area contributed by atoms with Gasteiger partial charge in [0.1, 0.15) is 17.8 Å². The topological polar surface area (TPSA) is 182 Å². The molecular weight excluding hydrogens is 606 g/mol. The van der Waals surface area contributed by atoms with Crippen molar-refractivity contribution >= 4 is 27.4 Å². The van der Waals surface area contributed by atoms with Gasteiger partial charge in [-0.2, -0.15) is 4.31 Å². The van der Waals surface area contributed by atoms with Crippen molar-refractivity contribution in [1.29, 1.82) is 0 Å². The van der Waals surface area contributed by atoms with Gasteiger partial charge in [-0.05, 0) is 42.0 Å². The number of carbonyl (C=O) groups excluding carboxylic acids is 1. The average Bonchev–Trinajstić information content (AvgIpc) is 3.06. The van der Waals surface area contributed by atoms with Crippen LogP contribution >= 0.6 is 0 Å². The van der Waals surface area contributed by atoms with Crippen LogP contribution in [0.5, 0.6) is 5.75 Å². The van der Waals surface area contributed by atoms with Gasteiger partial charge in [0.2, 0.25) is 16.3 Å². The van der Waals surface area contributed by atoms with E-state index >= 15 is 0 Å². The average molecular weight is 642 g/mol. The second kappa shape index (κ2) is 15.9. The first-order valence-electron chi connectivity index (χ1n) is 14.1. The van der Waals surface area contributed by atoms with Gasteiger partial charge in [-0.3, -0.25) is 14.9 Å². The summed E-state index contributed by atoms with van der Waals surface area (Å²) in [5, 5.41) is 26.1. The Morgan fingerprint density at radius 3 is 2.51 bits per heavy atom. The van der Waals surface area contributed by atoms with E-state index < -0.39 is 27.1 Å². The fourth-order valence-corrected chi connectivity index (χ4v) is 5.96. The van der Waals surface area contributed by atoms with Crippen LogP contribution in [0, 0.1) is 10.1 Å². The molecule has 2 aromatic carbocycles. The molecule has 1 aromatic heterocycles. The standard InChI is InChI=1S/C30H35N5O9S/c1-42-25-8-10-26(11-9-25)45(40,41)34(15-17-36)16-18-43-29-20-23(22-5-3-2-4-6-22)19-27(44-29)30(37)32-14-13-31-28-12-7-24(21-33-28)35(38)39/h2-12,19,21,23,29,36H,13-18,20H2,1H3,(H,31,33)(H,32,37)/t23-,29+/m1/s1. The van der Waals surface area contributed by atoms with E-state index in [1.165, 1.54) is 31.4 Å². The lowest BCUT2D eigenvalue weighted by Crippen LogP contribution is -2.38.